The number of thioether (sulfide) groups is 1. The van der Waals surface area contributed by atoms with Crippen LogP contribution >= 0.6 is 11.8 Å². The zero-order valence-corrected chi connectivity index (χ0v) is 12.2. The molecule has 21 heavy (non-hydrogen) atoms. The van der Waals surface area contributed by atoms with Gasteiger partial charge in [-0.05, 0) is 17.7 Å². The van der Waals surface area contributed by atoms with Crippen molar-refractivity contribution in [2.75, 3.05) is 12.4 Å². The molecule has 3 N–H and O–H groups in total. The van der Waals surface area contributed by atoms with Gasteiger partial charge in [-0.2, -0.15) is 0 Å². The van der Waals surface area contributed by atoms with Crippen molar-refractivity contribution < 1.29 is 14.7 Å². The van der Waals surface area contributed by atoms with Crippen molar-refractivity contribution in [3.63, 3.8) is 0 Å². The van der Waals surface area contributed by atoms with Crippen molar-refractivity contribution in [2.45, 2.75) is 19.0 Å². The molecule has 1 aromatic carbocycles. The van der Waals surface area contributed by atoms with Crippen molar-refractivity contribution >= 4 is 22.9 Å². The molecule has 2 amide bonds. The summed E-state index contributed by atoms with van der Waals surface area (Å²) >= 11 is 1.12. The van der Waals surface area contributed by atoms with E-state index in [0.717, 1.165) is 22.9 Å². The van der Waals surface area contributed by atoms with Crippen LogP contribution in [0.25, 0.3) is 0 Å². The van der Waals surface area contributed by atoms with Crippen LogP contribution in [-0.4, -0.2) is 34.7 Å². The number of hydrogen-bond acceptors (Lipinski definition) is 4. The fraction of sp³-hybridized carbons (Fsp3) is 0.333. The third-order valence-electron chi connectivity index (χ3n) is 2.88. The molecular formula is C15H16N2O3S. The first-order valence-electron chi connectivity index (χ1n) is 6.58. The Kier molecular flexibility index (Phi) is 5.67. The minimum absolute atomic E-state index is 0.0626. The van der Waals surface area contributed by atoms with Gasteiger partial charge in [-0.25, -0.2) is 0 Å². The smallest absolute Gasteiger partial charge is 0.279 e. The number of amides is 2. The van der Waals surface area contributed by atoms with Crippen LogP contribution in [0.5, 0.6) is 0 Å². The molecule has 1 aromatic rings. The van der Waals surface area contributed by atoms with Gasteiger partial charge in [-0.15, -0.1) is 0 Å². The van der Waals surface area contributed by atoms with Gasteiger partial charge in [0.05, 0.1) is 6.61 Å². The number of nitrogens with one attached hydrogen (secondary N) is 2. The van der Waals surface area contributed by atoms with E-state index < -0.39 is 6.04 Å². The van der Waals surface area contributed by atoms with Crippen LogP contribution < -0.4 is 10.6 Å². The molecule has 110 valence electrons. The maximum Gasteiger partial charge on any atom is 0.279 e. The van der Waals surface area contributed by atoms with Crippen molar-refractivity contribution in [2.24, 2.45) is 0 Å². The number of carbonyl (C=O) groups is 2. The first kappa shape index (κ1) is 15.4. The fourth-order valence-corrected chi connectivity index (χ4v) is 2.54. The average molecular weight is 304 g/mol. The van der Waals surface area contributed by atoms with Crippen LogP contribution in [0.1, 0.15) is 17.5 Å². The molecule has 1 aliphatic heterocycles. The normalized spacial score (nSPS) is 16.8. The maximum atomic E-state index is 11.8. The Morgan fingerprint density at radius 1 is 1.43 bits per heavy atom. The third-order valence-corrected chi connectivity index (χ3v) is 3.76. The van der Waals surface area contributed by atoms with Gasteiger partial charge in [0.25, 0.3) is 5.24 Å². The van der Waals surface area contributed by atoms with Crippen LogP contribution in [0.15, 0.2) is 24.3 Å². The monoisotopic (exact) mass is 304 g/mol. The highest BCUT2D eigenvalue weighted by Crippen LogP contribution is 2.13. The average Bonchev–Trinajstić information content (AvgIpc) is 2.93. The van der Waals surface area contributed by atoms with Gasteiger partial charge < -0.3 is 15.7 Å². The lowest BCUT2D eigenvalue weighted by Gasteiger charge is -2.10. The van der Waals surface area contributed by atoms with Crippen LogP contribution in [0.4, 0.5) is 4.79 Å². The number of hydrogen-bond donors (Lipinski definition) is 3. The Hall–Kier alpha value is -1.97. The molecule has 1 aliphatic rings. The number of benzene rings is 1. The summed E-state index contributed by atoms with van der Waals surface area (Å²) in [5.41, 5.74) is 1.84. The first-order valence-corrected chi connectivity index (χ1v) is 7.57. The zero-order chi connectivity index (χ0) is 15.1. The number of aliphatic hydroxyl groups excluding tert-OH is 1. The predicted molar refractivity (Wildman–Crippen MR) is 81.6 cm³/mol. The summed E-state index contributed by atoms with van der Waals surface area (Å²) < 4.78 is 0. The van der Waals surface area contributed by atoms with Crippen LogP contribution in [-0.2, 0) is 11.3 Å². The maximum absolute atomic E-state index is 11.8. The summed E-state index contributed by atoms with van der Waals surface area (Å²) in [6.45, 7) is 0.479. The standard InChI is InChI=1S/C15H16N2O3S/c18-8-2-1-3-11-4-6-12(7-5-11)9-16-14(19)13-10-21-15(20)17-13/h4-7,13,18H,2,8-10H2,(H,16,19)(H,17,20). The van der Waals surface area contributed by atoms with E-state index in [4.69, 9.17) is 5.11 Å². The first-order chi connectivity index (χ1) is 10.2. The number of rotatable bonds is 4. The molecule has 1 fully saturated rings. The van der Waals surface area contributed by atoms with Gasteiger partial charge in [-0.3, -0.25) is 9.59 Å². The van der Waals surface area contributed by atoms with Gasteiger partial charge >= 0.3 is 0 Å². The summed E-state index contributed by atoms with van der Waals surface area (Å²) in [4.78, 5) is 22.8. The fourth-order valence-electron chi connectivity index (χ4n) is 1.76. The van der Waals surface area contributed by atoms with Crippen molar-refractivity contribution in [1.29, 1.82) is 0 Å². The number of carbonyl (C=O) groups excluding carboxylic acids is 2. The van der Waals surface area contributed by atoms with Gasteiger partial charge in [0.2, 0.25) is 5.91 Å². The lowest BCUT2D eigenvalue weighted by Crippen LogP contribution is -2.42. The lowest BCUT2D eigenvalue weighted by molar-refractivity contribution is -0.122. The molecule has 2 rings (SSSR count). The van der Waals surface area contributed by atoms with E-state index >= 15 is 0 Å². The highest BCUT2D eigenvalue weighted by Gasteiger charge is 2.27. The van der Waals surface area contributed by atoms with E-state index in [1.54, 1.807) is 0 Å². The summed E-state index contributed by atoms with van der Waals surface area (Å²) in [5, 5.41) is 13.9. The minimum Gasteiger partial charge on any atom is -0.395 e. The Morgan fingerprint density at radius 3 is 2.81 bits per heavy atom. The third kappa shape index (κ3) is 4.81. The Balaban J connectivity index is 1.82. The molecule has 5 nitrogen and oxygen atoms in total. The molecule has 0 radical (unpaired) electrons. The van der Waals surface area contributed by atoms with Crippen molar-refractivity contribution in [3.8, 4) is 11.8 Å². The Bertz CT molecular complexity index is 575. The van der Waals surface area contributed by atoms with E-state index in [9.17, 15) is 9.59 Å². The summed E-state index contributed by atoms with van der Waals surface area (Å²) in [6.07, 6.45) is 0.461. The largest absolute Gasteiger partial charge is 0.395 e. The molecule has 0 aromatic heterocycles. The van der Waals surface area contributed by atoms with E-state index in [-0.39, 0.29) is 17.8 Å². The van der Waals surface area contributed by atoms with E-state index in [0.29, 0.717) is 18.7 Å². The second-order valence-corrected chi connectivity index (χ2v) is 5.48. The topological polar surface area (TPSA) is 78.4 Å². The Labute approximate surface area is 127 Å². The molecule has 1 heterocycles. The highest BCUT2D eigenvalue weighted by atomic mass is 32.2. The molecule has 1 saturated heterocycles. The predicted octanol–water partition coefficient (Wildman–Crippen LogP) is 0.862. The molecule has 1 atom stereocenters. The lowest BCUT2D eigenvalue weighted by atomic mass is 10.1. The Morgan fingerprint density at radius 2 is 2.19 bits per heavy atom. The molecule has 0 aliphatic carbocycles. The molecule has 1 unspecified atom stereocenters. The van der Waals surface area contributed by atoms with Gasteiger partial charge in [-0.1, -0.05) is 35.7 Å². The summed E-state index contributed by atoms with van der Waals surface area (Å²) in [7, 11) is 0. The molecule has 0 bridgehead atoms. The van der Waals surface area contributed by atoms with E-state index in [1.165, 1.54) is 0 Å². The van der Waals surface area contributed by atoms with Crippen LogP contribution in [0.2, 0.25) is 0 Å². The molecule has 6 heteroatoms. The van der Waals surface area contributed by atoms with Gasteiger partial charge in [0.15, 0.2) is 0 Å². The second-order valence-electron chi connectivity index (χ2n) is 4.49. The van der Waals surface area contributed by atoms with Gasteiger partial charge in [0.1, 0.15) is 6.04 Å². The SMILES string of the molecule is O=C1NC(C(=O)NCc2ccc(C#CCCO)cc2)CS1. The van der Waals surface area contributed by atoms with Gasteiger partial charge in [0, 0.05) is 24.3 Å². The second kappa shape index (κ2) is 7.72. The molecule has 0 spiro atoms. The zero-order valence-electron chi connectivity index (χ0n) is 11.4. The molecule has 0 saturated carbocycles. The van der Waals surface area contributed by atoms with Crippen LogP contribution in [0.3, 0.4) is 0 Å². The molecular weight excluding hydrogens is 288 g/mol. The quantitative estimate of drug-likeness (QED) is 0.721. The number of aliphatic hydroxyl groups is 1. The van der Waals surface area contributed by atoms with Crippen LogP contribution in [0, 0.1) is 11.8 Å². The van der Waals surface area contributed by atoms with E-state index in [2.05, 4.69) is 22.5 Å². The minimum atomic E-state index is -0.439. The van der Waals surface area contributed by atoms with E-state index in [1.807, 2.05) is 24.3 Å². The van der Waals surface area contributed by atoms with Crippen molar-refractivity contribution in [3.05, 3.63) is 35.4 Å². The highest BCUT2D eigenvalue weighted by molar-refractivity contribution is 8.14. The van der Waals surface area contributed by atoms with Crippen molar-refractivity contribution in [1.82, 2.24) is 10.6 Å². The summed E-state index contributed by atoms with van der Waals surface area (Å²) in [5.74, 6) is 6.10. The summed E-state index contributed by atoms with van der Waals surface area (Å²) in [6, 6.07) is 7.10.